The Morgan fingerprint density at radius 2 is 2.40 bits per heavy atom. The van der Waals surface area contributed by atoms with E-state index in [2.05, 4.69) is 6.92 Å². The summed E-state index contributed by atoms with van der Waals surface area (Å²) in [4.78, 5) is 11.1. The summed E-state index contributed by atoms with van der Waals surface area (Å²) in [6.07, 6.45) is 0.882. The van der Waals surface area contributed by atoms with Gasteiger partial charge < -0.3 is 4.74 Å². The zero-order valence-electron chi connectivity index (χ0n) is 6.81. The SMILES string of the molecule is CC[C@@]1(C)C(=O)OCC1C. The third-order valence-electron chi connectivity index (χ3n) is 2.75. The third-order valence-corrected chi connectivity index (χ3v) is 2.75. The van der Waals surface area contributed by atoms with Gasteiger partial charge in [-0.2, -0.15) is 0 Å². The van der Waals surface area contributed by atoms with Gasteiger partial charge in [0.1, 0.15) is 0 Å². The Balaban J connectivity index is 2.80. The van der Waals surface area contributed by atoms with E-state index in [0.717, 1.165) is 6.42 Å². The van der Waals surface area contributed by atoms with Crippen molar-refractivity contribution in [3.8, 4) is 0 Å². The maximum Gasteiger partial charge on any atom is 0.312 e. The van der Waals surface area contributed by atoms with Crippen LogP contribution in [0.3, 0.4) is 0 Å². The number of carbonyl (C=O) groups is 1. The number of esters is 1. The van der Waals surface area contributed by atoms with E-state index >= 15 is 0 Å². The molecule has 1 fully saturated rings. The lowest BCUT2D eigenvalue weighted by Gasteiger charge is -2.20. The Morgan fingerprint density at radius 1 is 1.80 bits per heavy atom. The minimum absolute atomic E-state index is 0.0255. The van der Waals surface area contributed by atoms with E-state index in [1.54, 1.807) is 0 Å². The summed E-state index contributed by atoms with van der Waals surface area (Å²) in [6.45, 7) is 6.67. The normalized spacial score (nSPS) is 39.9. The Morgan fingerprint density at radius 3 is 2.60 bits per heavy atom. The molecule has 0 aromatic heterocycles. The van der Waals surface area contributed by atoms with Gasteiger partial charge in [-0.05, 0) is 13.3 Å². The maximum atomic E-state index is 11.1. The Labute approximate surface area is 61.6 Å². The van der Waals surface area contributed by atoms with E-state index in [0.29, 0.717) is 12.5 Å². The molecular formula is C8H14O2. The van der Waals surface area contributed by atoms with Gasteiger partial charge in [-0.3, -0.25) is 4.79 Å². The number of ether oxygens (including phenoxy) is 1. The van der Waals surface area contributed by atoms with Crippen LogP contribution in [-0.2, 0) is 9.53 Å². The number of hydrogen-bond acceptors (Lipinski definition) is 2. The Bertz CT molecular complexity index is 153. The van der Waals surface area contributed by atoms with Gasteiger partial charge in [-0.1, -0.05) is 13.8 Å². The van der Waals surface area contributed by atoms with Crippen LogP contribution in [0, 0.1) is 11.3 Å². The van der Waals surface area contributed by atoms with Gasteiger partial charge in [-0.25, -0.2) is 0 Å². The highest BCUT2D eigenvalue weighted by molar-refractivity contribution is 5.78. The highest BCUT2D eigenvalue weighted by Gasteiger charge is 2.44. The molecule has 58 valence electrons. The number of cyclic esters (lactones) is 1. The third kappa shape index (κ3) is 0.825. The fourth-order valence-electron chi connectivity index (χ4n) is 1.24. The molecule has 1 aliphatic heterocycles. The van der Waals surface area contributed by atoms with E-state index in [-0.39, 0.29) is 11.4 Å². The largest absolute Gasteiger partial charge is 0.465 e. The lowest BCUT2D eigenvalue weighted by atomic mass is 9.78. The maximum absolute atomic E-state index is 11.1. The van der Waals surface area contributed by atoms with Crippen molar-refractivity contribution in [2.45, 2.75) is 27.2 Å². The molecule has 10 heavy (non-hydrogen) atoms. The fourth-order valence-corrected chi connectivity index (χ4v) is 1.24. The molecule has 0 aliphatic carbocycles. The van der Waals surface area contributed by atoms with Crippen LogP contribution in [0.5, 0.6) is 0 Å². The van der Waals surface area contributed by atoms with Crippen LogP contribution in [0.2, 0.25) is 0 Å². The molecule has 0 N–H and O–H groups in total. The first kappa shape index (κ1) is 7.58. The lowest BCUT2D eigenvalue weighted by Crippen LogP contribution is -2.27. The molecule has 0 aromatic carbocycles. The number of carbonyl (C=O) groups excluding carboxylic acids is 1. The first-order chi connectivity index (χ1) is 4.61. The van der Waals surface area contributed by atoms with Crippen LogP contribution in [-0.4, -0.2) is 12.6 Å². The topological polar surface area (TPSA) is 26.3 Å². The van der Waals surface area contributed by atoms with E-state index in [1.807, 2.05) is 13.8 Å². The standard InChI is InChI=1S/C8H14O2/c1-4-8(3)6(2)5-10-7(8)9/h6H,4-5H2,1-3H3/t6?,8-/m1/s1. The van der Waals surface area contributed by atoms with Crippen LogP contribution >= 0.6 is 0 Å². The molecule has 0 saturated carbocycles. The molecule has 2 nitrogen and oxygen atoms in total. The van der Waals surface area contributed by atoms with Gasteiger partial charge in [0.15, 0.2) is 0 Å². The molecule has 2 heteroatoms. The van der Waals surface area contributed by atoms with Crippen molar-refractivity contribution in [3.63, 3.8) is 0 Å². The first-order valence-electron chi connectivity index (χ1n) is 3.78. The minimum atomic E-state index is -0.208. The Hall–Kier alpha value is -0.530. The first-order valence-corrected chi connectivity index (χ1v) is 3.78. The summed E-state index contributed by atoms with van der Waals surface area (Å²) < 4.78 is 4.93. The van der Waals surface area contributed by atoms with E-state index in [9.17, 15) is 4.79 Å². The molecule has 0 bridgehead atoms. The van der Waals surface area contributed by atoms with Crippen molar-refractivity contribution in [2.75, 3.05) is 6.61 Å². The smallest absolute Gasteiger partial charge is 0.312 e. The van der Waals surface area contributed by atoms with Gasteiger partial charge in [0.25, 0.3) is 0 Å². The van der Waals surface area contributed by atoms with Crippen molar-refractivity contribution in [2.24, 2.45) is 11.3 Å². The predicted octanol–water partition coefficient (Wildman–Crippen LogP) is 1.60. The summed E-state index contributed by atoms with van der Waals surface area (Å²) in [7, 11) is 0. The van der Waals surface area contributed by atoms with Crippen molar-refractivity contribution < 1.29 is 9.53 Å². The van der Waals surface area contributed by atoms with E-state index < -0.39 is 0 Å². The lowest BCUT2D eigenvalue weighted by molar-refractivity contribution is -0.145. The van der Waals surface area contributed by atoms with Crippen molar-refractivity contribution >= 4 is 5.97 Å². The second-order valence-corrected chi connectivity index (χ2v) is 3.27. The van der Waals surface area contributed by atoms with Gasteiger partial charge in [0, 0.05) is 5.92 Å². The number of rotatable bonds is 1. The average Bonchev–Trinajstić information content (AvgIpc) is 2.18. The van der Waals surface area contributed by atoms with E-state index in [4.69, 9.17) is 4.74 Å². The molecule has 0 radical (unpaired) electrons. The molecule has 2 atom stereocenters. The van der Waals surface area contributed by atoms with Gasteiger partial charge in [-0.15, -0.1) is 0 Å². The van der Waals surface area contributed by atoms with Gasteiger partial charge in [0.05, 0.1) is 12.0 Å². The molecule has 1 aliphatic rings. The molecule has 1 unspecified atom stereocenters. The van der Waals surface area contributed by atoms with Crippen LogP contribution < -0.4 is 0 Å². The zero-order chi connectivity index (χ0) is 7.78. The highest BCUT2D eigenvalue weighted by Crippen LogP contribution is 2.37. The predicted molar refractivity (Wildman–Crippen MR) is 38.5 cm³/mol. The van der Waals surface area contributed by atoms with Crippen LogP contribution in [0.25, 0.3) is 0 Å². The summed E-state index contributed by atoms with van der Waals surface area (Å²) in [5.74, 6) is 0.354. The summed E-state index contributed by atoms with van der Waals surface area (Å²) >= 11 is 0. The Kier molecular flexibility index (Phi) is 1.71. The molecule has 1 rings (SSSR count). The van der Waals surface area contributed by atoms with Crippen molar-refractivity contribution in [3.05, 3.63) is 0 Å². The van der Waals surface area contributed by atoms with Crippen LogP contribution in [0.4, 0.5) is 0 Å². The molecule has 0 amide bonds. The summed E-state index contributed by atoms with van der Waals surface area (Å²) in [6, 6.07) is 0. The van der Waals surface area contributed by atoms with Crippen LogP contribution in [0.1, 0.15) is 27.2 Å². The molecular weight excluding hydrogens is 128 g/mol. The van der Waals surface area contributed by atoms with Gasteiger partial charge in [0.2, 0.25) is 0 Å². The number of hydrogen-bond donors (Lipinski definition) is 0. The second kappa shape index (κ2) is 2.26. The molecule has 1 heterocycles. The monoisotopic (exact) mass is 142 g/mol. The highest BCUT2D eigenvalue weighted by atomic mass is 16.5. The average molecular weight is 142 g/mol. The quantitative estimate of drug-likeness (QED) is 0.520. The van der Waals surface area contributed by atoms with Crippen molar-refractivity contribution in [1.29, 1.82) is 0 Å². The summed E-state index contributed by atoms with van der Waals surface area (Å²) in [5.41, 5.74) is -0.208. The van der Waals surface area contributed by atoms with Gasteiger partial charge >= 0.3 is 5.97 Å². The molecule has 0 spiro atoms. The van der Waals surface area contributed by atoms with Crippen molar-refractivity contribution in [1.82, 2.24) is 0 Å². The molecule has 0 aromatic rings. The van der Waals surface area contributed by atoms with E-state index in [1.165, 1.54) is 0 Å². The minimum Gasteiger partial charge on any atom is -0.465 e. The zero-order valence-corrected chi connectivity index (χ0v) is 6.81. The fraction of sp³-hybridized carbons (Fsp3) is 0.875. The van der Waals surface area contributed by atoms with Crippen LogP contribution in [0.15, 0.2) is 0 Å². The second-order valence-electron chi connectivity index (χ2n) is 3.27. The molecule has 1 saturated heterocycles. The summed E-state index contributed by atoms with van der Waals surface area (Å²) in [5, 5.41) is 0.